The Hall–Kier alpha value is -1.11. The fourth-order valence-corrected chi connectivity index (χ4v) is 3.82. The van der Waals surface area contributed by atoms with Crippen molar-refractivity contribution in [3.05, 3.63) is 24.3 Å². The molecular weight excluding hydrogens is 276 g/mol. The van der Waals surface area contributed by atoms with E-state index >= 15 is 0 Å². The van der Waals surface area contributed by atoms with E-state index in [9.17, 15) is 13.5 Å². The Labute approximate surface area is 120 Å². The lowest BCUT2D eigenvalue weighted by Crippen LogP contribution is -2.28. The molecule has 112 valence electrons. The summed E-state index contributed by atoms with van der Waals surface area (Å²) >= 11 is 0. The molecule has 1 fully saturated rings. The van der Waals surface area contributed by atoms with E-state index in [1.807, 2.05) is 24.0 Å². The highest BCUT2D eigenvalue weighted by molar-refractivity contribution is 7.89. The molecule has 0 bridgehead atoms. The largest absolute Gasteiger partial charge is 0.396 e. The van der Waals surface area contributed by atoms with E-state index in [1.165, 1.54) is 0 Å². The van der Waals surface area contributed by atoms with Crippen LogP contribution in [-0.2, 0) is 10.0 Å². The predicted octanol–water partition coefficient (Wildman–Crippen LogP) is 1.19. The van der Waals surface area contributed by atoms with E-state index in [4.69, 9.17) is 0 Å². The van der Waals surface area contributed by atoms with Crippen molar-refractivity contribution in [2.75, 3.05) is 31.1 Å². The number of rotatable bonds is 6. The Morgan fingerprint density at radius 2 is 2.15 bits per heavy atom. The lowest BCUT2D eigenvalue weighted by Gasteiger charge is -2.22. The van der Waals surface area contributed by atoms with Crippen LogP contribution in [0.1, 0.15) is 19.8 Å². The van der Waals surface area contributed by atoms with E-state index in [0.29, 0.717) is 18.0 Å². The summed E-state index contributed by atoms with van der Waals surface area (Å²) < 4.78 is 27.3. The number of para-hydroxylation sites is 1. The normalized spacial score (nSPS) is 19.5. The highest BCUT2D eigenvalue weighted by Gasteiger charge is 2.26. The monoisotopic (exact) mass is 298 g/mol. The molecule has 2 rings (SSSR count). The van der Waals surface area contributed by atoms with E-state index in [1.54, 1.807) is 12.1 Å². The Bertz CT molecular complexity index is 545. The van der Waals surface area contributed by atoms with Crippen molar-refractivity contribution in [3.63, 3.8) is 0 Å². The summed E-state index contributed by atoms with van der Waals surface area (Å²) in [4.78, 5) is 2.37. The van der Waals surface area contributed by atoms with Gasteiger partial charge in [0.2, 0.25) is 10.0 Å². The van der Waals surface area contributed by atoms with Gasteiger partial charge in [-0.15, -0.1) is 0 Å². The third-order valence-electron chi connectivity index (χ3n) is 3.58. The summed E-state index contributed by atoms with van der Waals surface area (Å²) in [5.74, 6) is 0.231. The Morgan fingerprint density at radius 1 is 1.40 bits per heavy atom. The zero-order valence-electron chi connectivity index (χ0n) is 11.7. The number of anilines is 1. The number of hydrogen-bond donors (Lipinski definition) is 2. The Balaban J connectivity index is 2.27. The molecule has 1 saturated heterocycles. The first-order chi connectivity index (χ1) is 9.58. The summed E-state index contributed by atoms with van der Waals surface area (Å²) in [6.45, 7) is 4.01. The van der Waals surface area contributed by atoms with Crippen LogP contribution in [0.4, 0.5) is 5.69 Å². The smallest absolute Gasteiger partial charge is 0.242 e. The SMILES string of the molecule is CCCNS(=O)(=O)c1ccccc1N1CCC(CO)C1. The first-order valence-electron chi connectivity index (χ1n) is 7.03. The molecule has 0 amide bonds. The van der Waals surface area contributed by atoms with Gasteiger partial charge in [0.15, 0.2) is 0 Å². The van der Waals surface area contributed by atoms with Crippen LogP contribution in [0.25, 0.3) is 0 Å². The van der Waals surface area contributed by atoms with Crippen molar-refractivity contribution in [2.24, 2.45) is 5.92 Å². The molecule has 1 aromatic rings. The molecular formula is C14H22N2O3S. The predicted molar refractivity (Wildman–Crippen MR) is 79.3 cm³/mol. The highest BCUT2D eigenvalue weighted by Crippen LogP contribution is 2.29. The molecule has 0 saturated carbocycles. The van der Waals surface area contributed by atoms with E-state index < -0.39 is 10.0 Å². The van der Waals surface area contributed by atoms with Gasteiger partial charge in [0.25, 0.3) is 0 Å². The lowest BCUT2D eigenvalue weighted by atomic mass is 10.1. The van der Waals surface area contributed by atoms with Gasteiger partial charge >= 0.3 is 0 Å². The fraction of sp³-hybridized carbons (Fsp3) is 0.571. The molecule has 0 aliphatic carbocycles. The Kier molecular flexibility index (Phi) is 5.01. The van der Waals surface area contributed by atoms with E-state index in [-0.39, 0.29) is 12.5 Å². The average molecular weight is 298 g/mol. The van der Waals surface area contributed by atoms with Gasteiger partial charge in [-0.1, -0.05) is 19.1 Å². The molecule has 1 heterocycles. The third kappa shape index (κ3) is 3.31. The van der Waals surface area contributed by atoms with Crippen molar-refractivity contribution >= 4 is 15.7 Å². The minimum Gasteiger partial charge on any atom is -0.396 e. The van der Waals surface area contributed by atoms with Gasteiger partial charge in [-0.3, -0.25) is 0 Å². The summed E-state index contributed by atoms with van der Waals surface area (Å²) in [5.41, 5.74) is 0.729. The van der Waals surface area contributed by atoms with Crippen molar-refractivity contribution in [1.82, 2.24) is 4.72 Å². The van der Waals surface area contributed by atoms with Crippen molar-refractivity contribution < 1.29 is 13.5 Å². The van der Waals surface area contributed by atoms with Gasteiger partial charge in [-0.2, -0.15) is 0 Å². The summed E-state index contributed by atoms with van der Waals surface area (Å²) in [5, 5.41) is 9.22. The number of nitrogens with zero attached hydrogens (tertiary/aromatic N) is 1. The number of sulfonamides is 1. The molecule has 0 spiro atoms. The molecule has 1 unspecified atom stereocenters. The molecule has 6 heteroatoms. The van der Waals surface area contributed by atoms with Crippen LogP contribution < -0.4 is 9.62 Å². The molecule has 1 aromatic carbocycles. The summed E-state index contributed by atoms with van der Waals surface area (Å²) in [6, 6.07) is 7.06. The van der Waals surface area contributed by atoms with E-state index in [0.717, 1.165) is 25.1 Å². The lowest BCUT2D eigenvalue weighted by molar-refractivity contribution is 0.238. The van der Waals surface area contributed by atoms with Crippen molar-refractivity contribution in [1.29, 1.82) is 0 Å². The minimum atomic E-state index is -3.47. The molecule has 20 heavy (non-hydrogen) atoms. The minimum absolute atomic E-state index is 0.152. The van der Waals surface area contributed by atoms with Crippen LogP contribution in [0, 0.1) is 5.92 Å². The number of aliphatic hydroxyl groups excluding tert-OH is 1. The van der Waals surface area contributed by atoms with Crippen LogP contribution in [0.3, 0.4) is 0 Å². The maximum Gasteiger partial charge on any atom is 0.242 e. The average Bonchev–Trinajstić information content (AvgIpc) is 2.94. The number of hydrogen-bond acceptors (Lipinski definition) is 4. The second-order valence-corrected chi connectivity index (χ2v) is 6.88. The molecule has 0 aromatic heterocycles. The zero-order valence-corrected chi connectivity index (χ0v) is 12.6. The van der Waals surface area contributed by atoms with Gasteiger partial charge in [0.1, 0.15) is 4.90 Å². The van der Waals surface area contributed by atoms with Gasteiger partial charge in [0.05, 0.1) is 5.69 Å². The van der Waals surface area contributed by atoms with E-state index in [2.05, 4.69) is 4.72 Å². The third-order valence-corrected chi connectivity index (χ3v) is 5.09. The van der Waals surface area contributed by atoms with Gasteiger partial charge in [-0.05, 0) is 25.0 Å². The van der Waals surface area contributed by atoms with Crippen LogP contribution in [0.2, 0.25) is 0 Å². The van der Waals surface area contributed by atoms with Crippen LogP contribution >= 0.6 is 0 Å². The summed E-state index contributed by atoms with van der Waals surface area (Å²) in [6.07, 6.45) is 1.66. The molecule has 1 aliphatic rings. The molecule has 0 radical (unpaired) electrons. The topological polar surface area (TPSA) is 69.6 Å². The second kappa shape index (κ2) is 6.56. The van der Waals surface area contributed by atoms with Crippen LogP contribution in [-0.4, -0.2) is 39.8 Å². The quantitative estimate of drug-likeness (QED) is 0.828. The van der Waals surface area contributed by atoms with Crippen molar-refractivity contribution in [2.45, 2.75) is 24.7 Å². The maximum absolute atomic E-state index is 12.3. The first-order valence-corrected chi connectivity index (χ1v) is 8.51. The van der Waals surface area contributed by atoms with Gasteiger partial charge < -0.3 is 10.0 Å². The number of aliphatic hydroxyl groups is 1. The second-order valence-electron chi connectivity index (χ2n) is 5.15. The number of benzene rings is 1. The fourth-order valence-electron chi connectivity index (χ4n) is 2.46. The van der Waals surface area contributed by atoms with Gasteiger partial charge in [-0.25, -0.2) is 13.1 Å². The maximum atomic E-state index is 12.3. The van der Waals surface area contributed by atoms with Crippen molar-refractivity contribution in [3.8, 4) is 0 Å². The summed E-state index contributed by atoms with van der Waals surface area (Å²) in [7, 11) is -3.47. The molecule has 5 nitrogen and oxygen atoms in total. The van der Waals surface area contributed by atoms with Gasteiger partial charge in [0, 0.05) is 32.2 Å². The zero-order chi connectivity index (χ0) is 14.6. The first kappa shape index (κ1) is 15.3. The standard InChI is InChI=1S/C14H22N2O3S/c1-2-8-15-20(18,19)14-6-4-3-5-13(14)16-9-7-12(10-16)11-17/h3-6,12,15,17H,2,7-11H2,1H3. The number of nitrogens with one attached hydrogen (secondary N) is 1. The highest BCUT2D eigenvalue weighted by atomic mass is 32.2. The Morgan fingerprint density at radius 3 is 2.80 bits per heavy atom. The molecule has 2 N–H and O–H groups in total. The molecule has 1 atom stereocenters. The molecule has 1 aliphatic heterocycles. The van der Waals surface area contributed by atoms with Crippen LogP contribution in [0.5, 0.6) is 0 Å². The van der Waals surface area contributed by atoms with Crippen LogP contribution in [0.15, 0.2) is 29.2 Å².